The fourth-order valence-corrected chi connectivity index (χ4v) is 1.55. The zero-order chi connectivity index (χ0) is 7.98. The summed E-state index contributed by atoms with van der Waals surface area (Å²) < 4.78 is 0. The van der Waals surface area contributed by atoms with Gasteiger partial charge < -0.3 is 4.90 Å². The predicted octanol–water partition coefficient (Wildman–Crippen LogP) is 2.51. The predicted molar refractivity (Wildman–Crippen MR) is 47.3 cm³/mol. The third kappa shape index (κ3) is 5.00. The molecule has 0 aliphatic heterocycles. The number of rotatable bonds is 5. The van der Waals surface area contributed by atoms with Gasteiger partial charge in [-0.2, -0.15) is 0 Å². The van der Waals surface area contributed by atoms with Crippen molar-refractivity contribution in [2.75, 3.05) is 13.1 Å². The van der Waals surface area contributed by atoms with Crippen LogP contribution in [0.1, 0.15) is 40.5 Å². The molecule has 0 aromatic rings. The third-order valence-corrected chi connectivity index (χ3v) is 2.27. The van der Waals surface area contributed by atoms with Crippen molar-refractivity contribution < 1.29 is 21.7 Å². The molecule has 1 nitrogen and oxygen atoms in total. The minimum Gasteiger partial charge on any atom is -0.301 e. The van der Waals surface area contributed by atoms with E-state index < -0.39 is 0 Å². The van der Waals surface area contributed by atoms with Gasteiger partial charge in [-0.3, -0.25) is 0 Å². The van der Waals surface area contributed by atoms with E-state index in [0.717, 1.165) is 6.04 Å². The zero-order valence-corrected chi connectivity index (χ0v) is 9.91. The van der Waals surface area contributed by atoms with Crippen molar-refractivity contribution in [1.82, 2.24) is 4.90 Å². The van der Waals surface area contributed by atoms with Gasteiger partial charge in [0.05, 0.1) is 0 Å². The summed E-state index contributed by atoms with van der Waals surface area (Å²) in [6.45, 7) is 11.4. The molecule has 66 valence electrons. The van der Waals surface area contributed by atoms with Crippen molar-refractivity contribution >= 4 is 0 Å². The van der Waals surface area contributed by atoms with Crippen LogP contribution >= 0.6 is 0 Å². The first kappa shape index (κ1) is 14.2. The minimum absolute atomic E-state index is 0. The van der Waals surface area contributed by atoms with E-state index in [9.17, 15) is 0 Å². The van der Waals surface area contributed by atoms with Gasteiger partial charge in [0.2, 0.25) is 0 Å². The standard InChI is InChI=1S/C9H21N.Ti/c1-5-9(6-2)10(7-3)8-4;/h9H,5-8H2,1-4H3;. The molecule has 0 aromatic carbocycles. The van der Waals surface area contributed by atoms with Crippen molar-refractivity contribution in [2.24, 2.45) is 0 Å². The summed E-state index contributed by atoms with van der Waals surface area (Å²) >= 11 is 0. The fourth-order valence-electron chi connectivity index (χ4n) is 1.55. The Morgan fingerprint density at radius 3 is 1.36 bits per heavy atom. The largest absolute Gasteiger partial charge is 0.301 e. The van der Waals surface area contributed by atoms with E-state index in [1.54, 1.807) is 0 Å². The molecule has 0 aliphatic rings. The van der Waals surface area contributed by atoms with Crippen LogP contribution in [0.25, 0.3) is 0 Å². The van der Waals surface area contributed by atoms with Crippen molar-refractivity contribution in [1.29, 1.82) is 0 Å². The van der Waals surface area contributed by atoms with Crippen LogP contribution in [0.15, 0.2) is 0 Å². The molecule has 11 heavy (non-hydrogen) atoms. The van der Waals surface area contributed by atoms with Gasteiger partial charge in [0.1, 0.15) is 0 Å². The second-order valence-corrected chi connectivity index (χ2v) is 2.69. The zero-order valence-electron chi connectivity index (χ0n) is 8.35. The van der Waals surface area contributed by atoms with E-state index in [0.29, 0.717) is 0 Å². The minimum atomic E-state index is 0. The summed E-state index contributed by atoms with van der Waals surface area (Å²) in [6, 6.07) is 0.815. The van der Waals surface area contributed by atoms with E-state index in [1.807, 2.05) is 0 Å². The monoisotopic (exact) mass is 191 g/mol. The molecule has 0 amide bonds. The maximum Gasteiger partial charge on any atom is 0.00897 e. The van der Waals surface area contributed by atoms with E-state index >= 15 is 0 Å². The second-order valence-electron chi connectivity index (χ2n) is 2.69. The Hall–Kier alpha value is 0.674. The summed E-state index contributed by atoms with van der Waals surface area (Å²) in [4.78, 5) is 2.53. The van der Waals surface area contributed by atoms with E-state index in [-0.39, 0.29) is 21.7 Å². The topological polar surface area (TPSA) is 3.24 Å². The number of hydrogen-bond donors (Lipinski definition) is 0. The van der Waals surface area contributed by atoms with Gasteiger partial charge in [0.25, 0.3) is 0 Å². The Kier molecular flexibility index (Phi) is 11.3. The van der Waals surface area contributed by atoms with Gasteiger partial charge in [-0.15, -0.1) is 0 Å². The first-order valence-corrected chi connectivity index (χ1v) is 4.54. The normalized spacial score (nSPS) is 10.4. The van der Waals surface area contributed by atoms with Gasteiger partial charge in [0.15, 0.2) is 0 Å². The molecule has 0 saturated heterocycles. The van der Waals surface area contributed by atoms with Crippen molar-refractivity contribution in [3.05, 3.63) is 0 Å². The molecule has 0 spiro atoms. The first-order valence-electron chi connectivity index (χ1n) is 4.54. The average molecular weight is 191 g/mol. The molecular formula is C9H21NTi. The van der Waals surface area contributed by atoms with Crippen molar-refractivity contribution in [3.63, 3.8) is 0 Å². The quantitative estimate of drug-likeness (QED) is 0.603. The Morgan fingerprint density at radius 2 is 1.27 bits per heavy atom. The molecule has 0 atom stereocenters. The van der Waals surface area contributed by atoms with Gasteiger partial charge in [-0.25, -0.2) is 0 Å². The van der Waals surface area contributed by atoms with Crippen LogP contribution in [0.3, 0.4) is 0 Å². The fraction of sp³-hybridized carbons (Fsp3) is 1.00. The summed E-state index contributed by atoms with van der Waals surface area (Å²) in [5, 5.41) is 0. The number of nitrogens with zero attached hydrogens (tertiary/aromatic N) is 1. The van der Waals surface area contributed by atoms with Gasteiger partial charge in [-0.1, -0.05) is 27.7 Å². The summed E-state index contributed by atoms with van der Waals surface area (Å²) in [6.07, 6.45) is 2.58. The van der Waals surface area contributed by atoms with E-state index in [2.05, 4.69) is 32.6 Å². The molecule has 0 bridgehead atoms. The molecule has 0 unspecified atom stereocenters. The van der Waals surface area contributed by atoms with Gasteiger partial charge >= 0.3 is 0 Å². The Bertz CT molecular complexity index is 58.0. The van der Waals surface area contributed by atoms with Crippen LogP contribution in [0.4, 0.5) is 0 Å². The van der Waals surface area contributed by atoms with Crippen LogP contribution in [0.5, 0.6) is 0 Å². The summed E-state index contributed by atoms with van der Waals surface area (Å²) in [5.74, 6) is 0. The maximum atomic E-state index is 2.53. The molecule has 0 aliphatic carbocycles. The molecule has 2 heteroatoms. The second kappa shape index (κ2) is 8.77. The van der Waals surface area contributed by atoms with Crippen LogP contribution < -0.4 is 0 Å². The Morgan fingerprint density at radius 1 is 0.909 bits per heavy atom. The molecule has 0 fully saturated rings. The van der Waals surface area contributed by atoms with Gasteiger partial charge in [-0.05, 0) is 25.9 Å². The molecule has 0 N–H and O–H groups in total. The molecule has 0 radical (unpaired) electrons. The Labute approximate surface area is 86.4 Å². The van der Waals surface area contributed by atoms with Gasteiger partial charge in [0, 0.05) is 27.8 Å². The molecule has 0 saturated carbocycles. The first-order chi connectivity index (χ1) is 4.79. The Balaban J connectivity index is 0. The molecule has 0 aromatic heterocycles. The van der Waals surface area contributed by atoms with Crippen LogP contribution in [0, 0.1) is 0 Å². The van der Waals surface area contributed by atoms with Crippen molar-refractivity contribution in [3.8, 4) is 0 Å². The summed E-state index contributed by atoms with van der Waals surface area (Å²) in [7, 11) is 0. The van der Waals surface area contributed by atoms with E-state index in [4.69, 9.17) is 0 Å². The average Bonchev–Trinajstić information content (AvgIpc) is 2.00. The van der Waals surface area contributed by atoms with Crippen molar-refractivity contribution in [2.45, 2.75) is 46.6 Å². The molecule has 0 rings (SSSR count). The van der Waals surface area contributed by atoms with Crippen LogP contribution in [-0.4, -0.2) is 24.0 Å². The maximum absolute atomic E-state index is 2.53. The van der Waals surface area contributed by atoms with Crippen LogP contribution in [-0.2, 0) is 21.7 Å². The van der Waals surface area contributed by atoms with Crippen LogP contribution in [0.2, 0.25) is 0 Å². The smallest absolute Gasteiger partial charge is 0.00897 e. The number of hydrogen-bond acceptors (Lipinski definition) is 1. The van der Waals surface area contributed by atoms with E-state index in [1.165, 1.54) is 25.9 Å². The SMILES string of the molecule is CCC(CC)N(CC)CC.[Ti]. The summed E-state index contributed by atoms with van der Waals surface area (Å²) in [5.41, 5.74) is 0. The third-order valence-electron chi connectivity index (χ3n) is 2.27. The molecule has 0 heterocycles. The molecular weight excluding hydrogens is 170 g/mol.